The molecule has 1 heterocycles. The number of nitrogens with zero attached hydrogens (tertiary/aromatic N) is 1. The Kier molecular flexibility index (Phi) is 4.86. The molecule has 0 aliphatic heterocycles. The summed E-state index contributed by atoms with van der Waals surface area (Å²) < 4.78 is 5.01. The third-order valence-electron chi connectivity index (χ3n) is 4.59. The fourth-order valence-corrected chi connectivity index (χ4v) is 4.69. The van der Waals surface area contributed by atoms with Gasteiger partial charge in [-0.15, -0.1) is 11.3 Å². The predicted molar refractivity (Wildman–Crippen MR) is 100 cm³/mol. The molecule has 2 aromatic rings. The summed E-state index contributed by atoms with van der Waals surface area (Å²) >= 11 is 1.64. The van der Waals surface area contributed by atoms with Crippen LogP contribution in [0.3, 0.4) is 0 Å². The molecule has 0 saturated heterocycles. The van der Waals surface area contributed by atoms with Gasteiger partial charge in [0.05, 0.1) is 12.7 Å². The molecule has 3 nitrogen and oxygen atoms in total. The van der Waals surface area contributed by atoms with Crippen LogP contribution in [0.2, 0.25) is 0 Å². The van der Waals surface area contributed by atoms with Crippen LogP contribution in [0.4, 0.5) is 5.00 Å². The van der Waals surface area contributed by atoms with E-state index in [1.807, 2.05) is 6.21 Å². The molecule has 1 aliphatic carbocycles. The molecule has 0 radical (unpaired) electrons. The zero-order valence-corrected chi connectivity index (χ0v) is 15.5. The summed E-state index contributed by atoms with van der Waals surface area (Å²) in [7, 11) is 1.44. The Morgan fingerprint density at radius 3 is 2.50 bits per heavy atom. The van der Waals surface area contributed by atoms with E-state index in [1.165, 1.54) is 35.1 Å². The maximum Gasteiger partial charge on any atom is 0.341 e. The van der Waals surface area contributed by atoms with Crippen molar-refractivity contribution in [3.63, 3.8) is 0 Å². The van der Waals surface area contributed by atoms with Crippen molar-refractivity contribution in [2.45, 2.75) is 46.5 Å². The van der Waals surface area contributed by atoms with Gasteiger partial charge in [-0.05, 0) is 68.7 Å². The van der Waals surface area contributed by atoms with Gasteiger partial charge < -0.3 is 4.74 Å². The first kappa shape index (κ1) is 16.9. The first-order valence-electron chi connectivity index (χ1n) is 8.36. The Morgan fingerprint density at radius 2 is 1.83 bits per heavy atom. The maximum absolute atomic E-state index is 12.3. The average molecular weight is 341 g/mol. The molecule has 3 rings (SSSR count). The average Bonchev–Trinajstić information content (AvgIpc) is 2.91. The van der Waals surface area contributed by atoms with Crippen molar-refractivity contribution in [1.82, 2.24) is 0 Å². The van der Waals surface area contributed by atoms with Crippen molar-refractivity contribution in [2.24, 2.45) is 4.99 Å². The smallest absolute Gasteiger partial charge is 0.341 e. The quantitative estimate of drug-likeness (QED) is 0.576. The monoisotopic (exact) mass is 341 g/mol. The Bertz CT molecular complexity index is 794. The number of hydrogen-bond acceptors (Lipinski definition) is 4. The van der Waals surface area contributed by atoms with Crippen LogP contribution in [0.25, 0.3) is 0 Å². The molecule has 126 valence electrons. The van der Waals surface area contributed by atoms with E-state index in [-0.39, 0.29) is 5.97 Å². The Balaban J connectivity index is 2.04. The standard InChI is InChI=1S/C20H23NO2S/c1-12-9-13(2)16(14(3)10-12)11-21-19-18(20(22)23-4)15-7-5-6-8-17(15)24-19/h9-11H,5-8H2,1-4H3. The number of ether oxygens (including phenoxy) is 1. The van der Waals surface area contributed by atoms with Crippen LogP contribution in [0.1, 0.15) is 55.9 Å². The molecule has 4 heteroatoms. The summed E-state index contributed by atoms with van der Waals surface area (Å²) in [5.74, 6) is -0.265. The van der Waals surface area contributed by atoms with Crippen LogP contribution in [-0.4, -0.2) is 19.3 Å². The Morgan fingerprint density at radius 1 is 1.17 bits per heavy atom. The highest BCUT2D eigenvalue weighted by molar-refractivity contribution is 7.16. The third-order valence-corrected chi connectivity index (χ3v) is 5.79. The minimum Gasteiger partial charge on any atom is -0.465 e. The molecule has 0 bridgehead atoms. The van der Waals surface area contributed by atoms with Crippen molar-refractivity contribution in [3.05, 3.63) is 50.4 Å². The van der Waals surface area contributed by atoms with E-state index < -0.39 is 0 Å². The normalized spacial score (nSPS) is 14.0. The molecular weight excluding hydrogens is 318 g/mol. The van der Waals surface area contributed by atoms with Gasteiger partial charge in [-0.2, -0.15) is 0 Å². The van der Waals surface area contributed by atoms with E-state index in [1.54, 1.807) is 11.3 Å². The number of benzene rings is 1. The molecule has 0 saturated carbocycles. The lowest BCUT2D eigenvalue weighted by molar-refractivity contribution is 0.0601. The van der Waals surface area contributed by atoms with E-state index in [9.17, 15) is 4.79 Å². The number of carbonyl (C=O) groups is 1. The number of esters is 1. The summed E-state index contributed by atoms with van der Waals surface area (Å²) in [5.41, 5.74) is 6.62. The molecule has 24 heavy (non-hydrogen) atoms. The lowest BCUT2D eigenvalue weighted by atomic mass is 9.95. The number of aryl methyl sites for hydroxylation is 4. The zero-order valence-electron chi connectivity index (χ0n) is 14.7. The summed E-state index contributed by atoms with van der Waals surface area (Å²) in [6.07, 6.45) is 6.21. The van der Waals surface area contributed by atoms with Crippen LogP contribution >= 0.6 is 11.3 Å². The summed E-state index contributed by atoms with van der Waals surface area (Å²) in [6, 6.07) is 4.32. The van der Waals surface area contributed by atoms with E-state index in [4.69, 9.17) is 9.73 Å². The number of thiophene rings is 1. The van der Waals surface area contributed by atoms with Gasteiger partial charge in [-0.25, -0.2) is 9.79 Å². The molecule has 1 aromatic heterocycles. The lowest BCUT2D eigenvalue weighted by Gasteiger charge is -2.11. The van der Waals surface area contributed by atoms with Gasteiger partial charge in [0.2, 0.25) is 0 Å². The predicted octanol–water partition coefficient (Wildman–Crippen LogP) is 5.09. The lowest BCUT2D eigenvalue weighted by Crippen LogP contribution is -2.07. The van der Waals surface area contributed by atoms with Gasteiger partial charge in [0.15, 0.2) is 0 Å². The number of aliphatic imine (C=N–C) groups is 1. The van der Waals surface area contributed by atoms with Gasteiger partial charge in [0.25, 0.3) is 0 Å². The first-order chi connectivity index (χ1) is 11.5. The van der Waals surface area contributed by atoms with Crippen LogP contribution < -0.4 is 0 Å². The molecule has 0 N–H and O–H groups in total. The fourth-order valence-electron chi connectivity index (χ4n) is 3.47. The molecule has 0 atom stereocenters. The molecule has 0 amide bonds. The van der Waals surface area contributed by atoms with Crippen molar-refractivity contribution >= 4 is 28.5 Å². The second kappa shape index (κ2) is 6.89. The number of rotatable bonds is 3. The summed E-state index contributed by atoms with van der Waals surface area (Å²) in [6.45, 7) is 6.30. The van der Waals surface area contributed by atoms with Gasteiger partial charge in [0, 0.05) is 11.1 Å². The maximum atomic E-state index is 12.3. The molecule has 0 fully saturated rings. The third kappa shape index (κ3) is 3.16. The van der Waals surface area contributed by atoms with E-state index in [2.05, 4.69) is 32.9 Å². The van der Waals surface area contributed by atoms with Crippen molar-refractivity contribution < 1.29 is 9.53 Å². The largest absolute Gasteiger partial charge is 0.465 e. The Labute approximate surface area is 147 Å². The molecule has 0 spiro atoms. The van der Waals surface area contributed by atoms with E-state index in [0.29, 0.717) is 5.56 Å². The molecule has 0 unspecified atom stereocenters. The SMILES string of the molecule is COC(=O)c1c(N=Cc2c(C)cc(C)cc2C)sc2c1CCCC2. The number of hydrogen-bond donors (Lipinski definition) is 0. The van der Waals surface area contributed by atoms with Gasteiger partial charge in [-0.3, -0.25) is 0 Å². The summed E-state index contributed by atoms with van der Waals surface area (Å²) in [4.78, 5) is 18.3. The van der Waals surface area contributed by atoms with E-state index in [0.717, 1.165) is 35.4 Å². The fraction of sp³-hybridized carbons (Fsp3) is 0.400. The highest BCUT2D eigenvalue weighted by Crippen LogP contribution is 2.40. The van der Waals surface area contributed by atoms with Crippen LogP contribution in [-0.2, 0) is 17.6 Å². The number of carbonyl (C=O) groups excluding carboxylic acids is 1. The van der Waals surface area contributed by atoms with Crippen LogP contribution in [0, 0.1) is 20.8 Å². The first-order valence-corrected chi connectivity index (χ1v) is 9.17. The van der Waals surface area contributed by atoms with Gasteiger partial charge >= 0.3 is 5.97 Å². The van der Waals surface area contributed by atoms with Crippen molar-refractivity contribution in [3.8, 4) is 0 Å². The van der Waals surface area contributed by atoms with Gasteiger partial charge in [-0.1, -0.05) is 17.7 Å². The zero-order chi connectivity index (χ0) is 17.3. The van der Waals surface area contributed by atoms with Crippen LogP contribution in [0.5, 0.6) is 0 Å². The Hall–Kier alpha value is -1.94. The van der Waals surface area contributed by atoms with E-state index >= 15 is 0 Å². The topological polar surface area (TPSA) is 38.7 Å². The molecule has 1 aliphatic rings. The summed E-state index contributed by atoms with van der Waals surface area (Å²) in [5, 5.41) is 0.785. The number of methoxy groups -OCH3 is 1. The highest BCUT2D eigenvalue weighted by atomic mass is 32.1. The molecular formula is C20H23NO2S. The minimum absolute atomic E-state index is 0.265. The van der Waals surface area contributed by atoms with Crippen molar-refractivity contribution in [2.75, 3.05) is 7.11 Å². The minimum atomic E-state index is -0.265. The van der Waals surface area contributed by atoms with Crippen LogP contribution in [0.15, 0.2) is 17.1 Å². The second-order valence-electron chi connectivity index (χ2n) is 6.45. The second-order valence-corrected chi connectivity index (χ2v) is 7.54. The molecule has 1 aromatic carbocycles. The van der Waals surface area contributed by atoms with Crippen molar-refractivity contribution in [1.29, 1.82) is 0 Å². The number of fused-ring (bicyclic) bond motifs is 1. The highest BCUT2D eigenvalue weighted by Gasteiger charge is 2.25. The van der Waals surface area contributed by atoms with Gasteiger partial charge in [0.1, 0.15) is 5.00 Å².